The topological polar surface area (TPSA) is 93.7 Å². The first-order valence-corrected chi connectivity index (χ1v) is 11.3. The summed E-state index contributed by atoms with van der Waals surface area (Å²) in [7, 11) is 0. The Balaban J connectivity index is 1.29. The Hall–Kier alpha value is -2.01. The predicted octanol–water partition coefficient (Wildman–Crippen LogP) is 2.69. The smallest absolute Gasteiger partial charge is 0.231 e. The molecule has 2 saturated heterocycles. The number of aryl methyl sites for hydroxylation is 1. The van der Waals surface area contributed by atoms with Gasteiger partial charge in [0, 0.05) is 30.8 Å². The van der Waals surface area contributed by atoms with Crippen molar-refractivity contribution in [1.29, 1.82) is 0 Å². The van der Waals surface area contributed by atoms with E-state index in [0.717, 1.165) is 27.8 Å². The van der Waals surface area contributed by atoms with Crippen LogP contribution in [0, 0.1) is 12.8 Å². The Morgan fingerprint density at radius 1 is 1.31 bits per heavy atom. The van der Waals surface area contributed by atoms with Crippen LogP contribution in [-0.2, 0) is 19.1 Å². The number of thioether (sulfide) groups is 1. The summed E-state index contributed by atoms with van der Waals surface area (Å²) in [4.78, 5) is 26.7. The van der Waals surface area contributed by atoms with E-state index in [-0.39, 0.29) is 24.5 Å². The van der Waals surface area contributed by atoms with Crippen LogP contribution in [0.2, 0.25) is 0 Å². The largest absolute Gasteiger partial charge is 0.350 e. The molecule has 2 aliphatic rings. The number of anilines is 2. The van der Waals surface area contributed by atoms with E-state index in [1.165, 1.54) is 11.3 Å². The second kappa shape index (κ2) is 9.21. The molecule has 2 aliphatic heterocycles. The van der Waals surface area contributed by atoms with Gasteiger partial charge in [-0.05, 0) is 18.6 Å². The second-order valence-corrected chi connectivity index (χ2v) is 9.18. The van der Waals surface area contributed by atoms with E-state index >= 15 is 0 Å². The molecule has 1 aromatic heterocycles. The number of hydrogen-bond acceptors (Lipinski definition) is 8. The van der Waals surface area contributed by atoms with Crippen LogP contribution >= 0.6 is 23.1 Å². The van der Waals surface area contributed by atoms with Crippen LogP contribution in [0.15, 0.2) is 28.6 Å². The number of rotatable bonds is 7. The fourth-order valence-corrected chi connectivity index (χ4v) is 5.11. The maximum absolute atomic E-state index is 12.6. The van der Waals surface area contributed by atoms with Crippen molar-refractivity contribution < 1.29 is 19.1 Å². The molecule has 1 atom stereocenters. The van der Waals surface area contributed by atoms with Crippen LogP contribution in [0.5, 0.6) is 0 Å². The first kappa shape index (κ1) is 20.3. The van der Waals surface area contributed by atoms with Gasteiger partial charge in [-0.25, -0.2) is 0 Å². The zero-order valence-electron chi connectivity index (χ0n) is 16.0. The van der Waals surface area contributed by atoms with E-state index in [1.54, 1.807) is 16.7 Å². The lowest BCUT2D eigenvalue weighted by Crippen LogP contribution is -2.28. The summed E-state index contributed by atoms with van der Waals surface area (Å²) in [6.07, 6.45) is 0.845. The highest BCUT2D eigenvalue weighted by Crippen LogP contribution is 2.30. The Morgan fingerprint density at radius 2 is 2.10 bits per heavy atom. The van der Waals surface area contributed by atoms with Crippen LogP contribution in [-0.4, -0.2) is 53.8 Å². The lowest BCUT2D eigenvalue weighted by Gasteiger charge is -2.18. The summed E-state index contributed by atoms with van der Waals surface area (Å²) >= 11 is 2.89. The third kappa shape index (κ3) is 4.95. The number of ether oxygens (including phenoxy) is 2. The summed E-state index contributed by atoms with van der Waals surface area (Å²) < 4.78 is 11.6. The quantitative estimate of drug-likeness (QED) is 0.529. The fourth-order valence-electron chi connectivity index (χ4n) is 3.32. The molecule has 0 radical (unpaired) electrons. The van der Waals surface area contributed by atoms with Crippen LogP contribution < -0.4 is 10.2 Å². The van der Waals surface area contributed by atoms with Gasteiger partial charge >= 0.3 is 0 Å². The molecule has 0 aliphatic carbocycles. The Kier molecular flexibility index (Phi) is 6.43. The SMILES string of the molecule is Cc1ccccc1N1C[C@@H](C(=O)Nc2nnc(SCCC3OCCO3)s2)CC1=O. The van der Waals surface area contributed by atoms with Crippen LogP contribution in [0.25, 0.3) is 0 Å². The Morgan fingerprint density at radius 3 is 2.90 bits per heavy atom. The summed E-state index contributed by atoms with van der Waals surface area (Å²) in [6, 6.07) is 7.70. The van der Waals surface area contributed by atoms with Crippen LogP contribution in [0.4, 0.5) is 10.8 Å². The number of para-hydroxylation sites is 1. The maximum atomic E-state index is 12.6. The molecule has 3 heterocycles. The molecule has 2 fully saturated rings. The van der Waals surface area contributed by atoms with Crippen molar-refractivity contribution in [3.8, 4) is 0 Å². The van der Waals surface area contributed by atoms with Gasteiger partial charge in [0.15, 0.2) is 10.6 Å². The van der Waals surface area contributed by atoms with Crippen molar-refractivity contribution in [2.24, 2.45) is 5.92 Å². The molecule has 154 valence electrons. The average molecular weight is 435 g/mol. The van der Waals surface area contributed by atoms with Gasteiger partial charge in [0.05, 0.1) is 19.1 Å². The molecular formula is C19H22N4O4S2. The molecule has 1 N–H and O–H groups in total. The number of hydrogen-bond donors (Lipinski definition) is 1. The summed E-state index contributed by atoms with van der Waals surface area (Å²) in [5.74, 6) is 0.161. The number of amides is 2. The summed E-state index contributed by atoms with van der Waals surface area (Å²) in [5.41, 5.74) is 1.87. The van der Waals surface area contributed by atoms with Gasteiger partial charge in [0.1, 0.15) is 0 Å². The van der Waals surface area contributed by atoms with Crippen LogP contribution in [0.3, 0.4) is 0 Å². The third-order valence-corrected chi connectivity index (χ3v) is 6.81. The van der Waals surface area contributed by atoms with E-state index in [0.29, 0.717) is 24.9 Å². The lowest BCUT2D eigenvalue weighted by molar-refractivity contribution is -0.122. The highest BCUT2D eigenvalue weighted by Gasteiger charge is 2.36. The molecule has 1 aromatic carbocycles. The molecular weight excluding hydrogens is 412 g/mol. The molecule has 0 bridgehead atoms. The second-order valence-electron chi connectivity index (χ2n) is 6.86. The maximum Gasteiger partial charge on any atom is 0.231 e. The predicted molar refractivity (Wildman–Crippen MR) is 111 cm³/mol. The Bertz CT molecular complexity index is 885. The van der Waals surface area contributed by atoms with Gasteiger partial charge in [-0.15, -0.1) is 10.2 Å². The molecule has 2 aromatic rings. The van der Waals surface area contributed by atoms with Crippen LogP contribution in [0.1, 0.15) is 18.4 Å². The molecule has 29 heavy (non-hydrogen) atoms. The first-order valence-electron chi connectivity index (χ1n) is 9.46. The highest BCUT2D eigenvalue weighted by molar-refractivity contribution is 8.01. The van der Waals surface area contributed by atoms with Crippen molar-refractivity contribution in [2.75, 3.05) is 35.7 Å². The van der Waals surface area contributed by atoms with E-state index in [1.807, 2.05) is 31.2 Å². The van der Waals surface area contributed by atoms with Gasteiger partial charge < -0.3 is 19.7 Å². The zero-order chi connectivity index (χ0) is 20.2. The zero-order valence-corrected chi connectivity index (χ0v) is 17.6. The van der Waals surface area contributed by atoms with Gasteiger partial charge in [-0.2, -0.15) is 0 Å². The van der Waals surface area contributed by atoms with Crippen molar-refractivity contribution in [3.63, 3.8) is 0 Å². The Labute approximate surface area is 177 Å². The van der Waals surface area contributed by atoms with E-state index in [9.17, 15) is 9.59 Å². The average Bonchev–Trinajstić information content (AvgIpc) is 3.44. The number of aromatic nitrogens is 2. The minimum absolute atomic E-state index is 0.0377. The summed E-state index contributed by atoms with van der Waals surface area (Å²) in [6.45, 7) is 3.63. The molecule has 0 unspecified atom stereocenters. The first-order chi connectivity index (χ1) is 14.1. The third-order valence-electron chi connectivity index (χ3n) is 4.81. The standard InChI is InChI=1S/C19H22N4O4S2/c1-12-4-2-3-5-14(12)23-11-13(10-15(23)24)17(25)20-18-21-22-19(29-18)28-9-6-16-26-7-8-27-16/h2-5,13,16H,6-11H2,1H3,(H,20,21,25)/t13-/m0/s1. The summed E-state index contributed by atoms with van der Waals surface area (Å²) in [5, 5.41) is 11.4. The highest BCUT2D eigenvalue weighted by atomic mass is 32.2. The number of carbonyl (C=O) groups excluding carboxylic acids is 2. The normalized spacial score (nSPS) is 19.8. The number of carbonyl (C=O) groups is 2. The molecule has 0 spiro atoms. The van der Waals surface area contributed by atoms with Crippen molar-refractivity contribution in [3.05, 3.63) is 29.8 Å². The van der Waals surface area contributed by atoms with Gasteiger partial charge in [0.25, 0.3) is 0 Å². The van der Waals surface area contributed by atoms with E-state index in [4.69, 9.17) is 9.47 Å². The minimum atomic E-state index is -0.404. The van der Waals surface area contributed by atoms with Crippen molar-refractivity contribution in [1.82, 2.24) is 10.2 Å². The van der Waals surface area contributed by atoms with E-state index < -0.39 is 5.92 Å². The van der Waals surface area contributed by atoms with Gasteiger partial charge in [-0.3, -0.25) is 9.59 Å². The van der Waals surface area contributed by atoms with Gasteiger partial charge in [0.2, 0.25) is 16.9 Å². The molecule has 2 amide bonds. The van der Waals surface area contributed by atoms with E-state index in [2.05, 4.69) is 15.5 Å². The van der Waals surface area contributed by atoms with Crippen molar-refractivity contribution in [2.45, 2.75) is 30.4 Å². The molecule has 8 nitrogen and oxygen atoms in total. The molecule has 10 heteroatoms. The number of nitrogens with one attached hydrogen (secondary N) is 1. The molecule has 4 rings (SSSR count). The number of nitrogens with zero attached hydrogens (tertiary/aromatic N) is 3. The fraction of sp³-hybridized carbons (Fsp3) is 0.474. The molecule has 0 saturated carbocycles. The van der Waals surface area contributed by atoms with Gasteiger partial charge in [-0.1, -0.05) is 41.3 Å². The minimum Gasteiger partial charge on any atom is -0.350 e. The monoisotopic (exact) mass is 434 g/mol. The lowest BCUT2D eigenvalue weighted by atomic mass is 10.1. The van der Waals surface area contributed by atoms with Crippen molar-refractivity contribution >= 4 is 45.7 Å². The number of benzene rings is 1.